The summed E-state index contributed by atoms with van der Waals surface area (Å²) in [5.74, 6) is -0.568. The Hall–Kier alpha value is -2.56. The van der Waals surface area contributed by atoms with Gasteiger partial charge in [0.15, 0.2) is 0 Å². The van der Waals surface area contributed by atoms with Gasteiger partial charge in [0.05, 0.1) is 18.3 Å². The number of carbonyl (C=O) groups excluding carboxylic acids is 1. The topological polar surface area (TPSA) is 98.2 Å². The van der Waals surface area contributed by atoms with E-state index in [1.807, 2.05) is 12.1 Å². The van der Waals surface area contributed by atoms with Gasteiger partial charge in [-0.15, -0.1) is 11.3 Å². The van der Waals surface area contributed by atoms with Crippen molar-refractivity contribution >= 4 is 65.2 Å². The Morgan fingerprint density at radius 3 is 2.78 bits per heavy atom. The van der Waals surface area contributed by atoms with Crippen molar-refractivity contribution in [3.63, 3.8) is 0 Å². The van der Waals surface area contributed by atoms with E-state index >= 15 is 0 Å². The molecule has 0 atom stereocenters. The van der Waals surface area contributed by atoms with Gasteiger partial charge in [-0.05, 0) is 25.1 Å². The normalized spacial score (nSPS) is 11.7. The fourth-order valence-corrected chi connectivity index (χ4v) is 5.86. The minimum absolute atomic E-state index is 0.0148. The molecule has 4 aromatic rings. The largest absolute Gasteiger partial charge is 0.462 e. The predicted octanol–water partition coefficient (Wildman–Crippen LogP) is 3.88. The van der Waals surface area contributed by atoms with Crippen LogP contribution < -0.4 is 4.72 Å². The molecule has 27 heavy (non-hydrogen) atoms. The molecule has 2 aromatic heterocycles. The molecule has 0 fully saturated rings. The molecule has 0 aliphatic rings. The monoisotopic (exact) mass is 419 g/mol. The van der Waals surface area contributed by atoms with Gasteiger partial charge in [-0.3, -0.25) is 4.72 Å². The molecular weight excluding hydrogens is 406 g/mol. The van der Waals surface area contributed by atoms with Crippen LogP contribution in [0.2, 0.25) is 0 Å². The quantitative estimate of drug-likeness (QED) is 0.493. The number of carbonyl (C=O) groups is 1. The molecule has 10 heteroatoms. The molecule has 0 unspecified atom stereocenters. The Morgan fingerprint density at radius 2 is 1.96 bits per heavy atom. The first-order chi connectivity index (χ1) is 13.0. The smallest absolute Gasteiger partial charge is 0.341 e. The van der Waals surface area contributed by atoms with Crippen LogP contribution >= 0.6 is 23.1 Å². The molecule has 2 aromatic carbocycles. The molecule has 0 saturated carbocycles. The number of ether oxygens (including phenoxy) is 1. The summed E-state index contributed by atoms with van der Waals surface area (Å²) in [7, 11) is -3.97. The van der Waals surface area contributed by atoms with Crippen molar-refractivity contribution in [2.24, 2.45) is 0 Å². The van der Waals surface area contributed by atoms with E-state index < -0.39 is 16.0 Å². The number of hydrogen-bond donors (Lipinski definition) is 1. The van der Waals surface area contributed by atoms with Crippen LogP contribution in [-0.4, -0.2) is 29.7 Å². The van der Waals surface area contributed by atoms with E-state index in [4.69, 9.17) is 4.74 Å². The highest BCUT2D eigenvalue weighted by molar-refractivity contribution is 7.93. The van der Waals surface area contributed by atoms with E-state index in [2.05, 4.69) is 13.5 Å². The van der Waals surface area contributed by atoms with E-state index in [0.717, 1.165) is 16.4 Å². The molecule has 0 aliphatic carbocycles. The van der Waals surface area contributed by atoms with E-state index in [1.165, 1.54) is 17.4 Å². The first kappa shape index (κ1) is 17.8. The summed E-state index contributed by atoms with van der Waals surface area (Å²) in [6.45, 7) is 1.89. The van der Waals surface area contributed by atoms with Crippen molar-refractivity contribution < 1.29 is 17.9 Å². The molecule has 4 rings (SSSR count). The number of fused-ring (bicyclic) bond motifs is 2. The number of nitrogens with zero attached hydrogens (tertiary/aromatic N) is 2. The summed E-state index contributed by atoms with van der Waals surface area (Å²) in [5.41, 5.74) is 1.02. The number of nitrogens with one attached hydrogen (secondary N) is 1. The van der Waals surface area contributed by atoms with Crippen LogP contribution in [0.4, 0.5) is 5.00 Å². The van der Waals surface area contributed by atoms with Gasteiger partial charge >= 0.3 is 5.97 Å². The summed E-state index contributed by atoms with van der Waals surface area (Å²) in [6, 6.07) is 12.0. The Kier molecular flexibility index (Phi) is 4.54. The highest BCUT2D eigenvalue weighted by atomic mass is 32.2. The summed E-state index contributed by atoms with van der Waals surface area (Å²) < 4.78 is 42.6. The summed E-state index contributed by atoms with van der Waals surface area (Å²) >= 11 is 2.13. The van der Waals surface area contributed by atoms with Crippen molar-refractivity contribution in [3.05, 3.63) is 48.0 Å². The predicted molar refractivity (Wildman–Crippen MR) is 106 cm³/mol. The fraction of sp³-hybridized carbons (Fsp3) is 0.118. The standard InChI is InChI=1S/C17H13N3O4S3/c1-2-24-17(21)14-10-6-3-4-8-12(10)25-16(14)20-27(22,23)13-9-5-7-11-15(13)19-26-18-11/h3-9,20H,2H2,1H3. The number of benzene rings is 2. The van der Waals surface area contributed by atoms with Gasteiger partial charge in [0, 0.05) is 10.1 Å². The molecule has 0 radical (unpaired) electrons. The molecule has 0 spiro atoms. The lowest BCUT2D eigenvalue weighted by Gasteiger charge is -2.09. The van der Waals surface area contributed by atoms with Crippen LogP contribution in [0.3, 0.4) is 0 Å². The second kappa shape index (κ2) is 6.87. The van der Waals surface area contributed by atoms with Gasteiger partial charge in [0.2, 0.25) is 0 Å². The van der Waals surface area contributed by atoms with E-state index in [-0.39, 0.29) is 22.1 Å². The highest BCUT2D eigenvalue weighted by Gasteiger charge is 2.26. The summed E-state index contributed by atoms with van der Waals surface area (Å²) in [6.07, 6.45) is 0. The van der Waals surface area contributed by atoms with Gasteiger partial charge in [-0.25, -0.2) is 13.2 Å². The Labute approximate surface area is 163 Å². The first-order valence-electron chi connectivity index (χ1n) is 7.94. The number of aromatic nitrogens is 2. The van der Waals surface area contributed by atoms with Crippen LogP contribution in [-0.2, 0) is 14.8 Å². The van der Waals surface area contributed by atoms with Gasteiger partial charge in [-0.1, -0.05) is 24.3 Å². The van der Waals surface area contributed by atoms with E-state index in [1.54, 1.807) is 31.2 Å². The highest BCUT2D eigenvalue weighted by Crippen LogP contribution is 2.37. The molecule has 0 aliphatic heterocycles. The Balaban J connectivity index is 1.84. The Morgan fingerprint density at radius 1 is 1.15 bits per heavy atom. The third-order valence-electron chi connectivity index (χ3n) is 3.84. The van der Waals surface area contributed by atoms with Crippen LogP contribution in [0.1, 0.15) is 17.3 Å². The zero-order valence-electron chi connectivity index (χ0n) is 14.0. The lowest BCUT2D eigenvalue weighted by molar-refractivity contribution is 0.0530. The maximum absolute atomic E-state index is 13.0. The van der Waals surface area contributed by atoms with Crippen molar-refractivity contribution in [1.82, 2.24) is 8.75 Å². The lowest BCUT2D eigenvalue weighted by atomic mass is 10.2. The molecule has 0 amide bonds. The maximum Gasteiger partial charge on any atom is 0.341 e. The average molecular weight is 420 g/mol. The minimum atomic E-state index is -3.97. The molecule has 1 N–H and O–H groups in total. The number of rotatable bonds is 5. The number of esters is 1. The molecule has 0 bridgehead atoms. The van der Waals surface area contributed by atoms with Gasteiger partial charge in [0.25, 0.3) is 10.0 Å². The second-order valence-electron chi connectivity index (χ2n) is 5.52. The first-order valence-corrected chi connectivity index (χ1v) is 11.0. The van der Waals surface area contributed by atoms with Gasteiger partial charge < -0.3 is 4.74 Å². The third-order valence-corrected chi connectivity index (χ3v) is 6.98. The fourth-order valence-electron chi connectivity index (χ4n) is 2.70. The number of sulfonamides is 1. The van der Waals surface area contributed by atoms with E-state index in [0.29, 0.717) is 16.4 Å². The molecule has 7 nitrogen and oxygen atoms in total. The van der Waals surface area contributed by atoms with Crippen LogP contribution in [0.15, 0.2) is 47.4 Å². The minimum Gasteiger partial charge on any atom is -0.462 e. The SMILES string of the molecule is CCOC(=O)c1c(NS(=O)(=O)c2cccc3nsnc23)sc2ccccc12. The zero-order valence-corrected chi connectivity index (χ0v) is 16.5. The summed E-state index contributed by atoms with van der Waals surface area (Å²) in [4.78, 5) is 12.5. The second-order valence-corrected chi connectivity index (χ2v) is 8.75. The number of hydrogen-bond acceptors (Lipinski definition) is 8. The van der Waals surface area contributed by atoms with Crippen molar-refractivity contribution in [2.45, 2.75) is 11.8 Å². The summed E-state index contributed by atoms with van der Waals surface area (Å²) in [5, 5.41) is 0.863. The van der Waals surface area contributed by atoms with Crippen LogP contribution in [0, 0.1) is 0 Å². The van der Waals surface area contributed by atoms with Crippen LogP contribution in [0.25, 0.3) is 21.1 Å². The maximum atomic E-state index is 13.0. The molecule has 2 heterocycles. The van der Waals surface area contributed by atoms with Crippen molar-refractivity contribution in [1.29, 1.82) is 0 Å². The van der Waals surface area contributed by atoms with Gasteiger partial charge in [0.1, 0.15) is 26.5 Å². The van der Waals surface area contributed by atoms with Crippen molar-refractivity contribution in [3.8, 4) is 0 Å². The molecule has 0 saturated heterocycles. The molecular formula is C17H13N3O4S3. The number of thiophene rings is 1. The average Bonchev–Trinajstić information content (AvgIpc) is 3.24. The molecule has 138 valence electrons. The van der Waals surface area contributed by atoms with Crippen LogP contribution in [0.5, 0.6) is 0 Å². The van der Waals surface area contributed by atoms with Crippen molar-refractivity contribution in [2.75, 3.05) is 11.3 Å². The Bertz CT molecular complexity index is 1260. The zero-order chi connectivity index (χ0) is 19.0. The van der Waals surface area contributed by atoms with Gasteiger partial charge in [-0.2, -0.15) is 8.75 Å². The third kappa shape index (κ3) is 3.15. The van der Waals surface area contributed by atoms with E-state index in [9.17, 15) is 13.2 Å². The lowest BCUT2D eigenvalue weighted by Crippen LogP contribution is -2.15. The number of anilines is 1.